The first-order chi connectivity index (χ1) is 9.72. The van der Waals surface area contributed by atoms with Crippen LogP contribution in [0.25, 0.3) is 0 Å². The van der Waals surface area contributed by atoms with Gasteiger partial charge in [0, 0.05) is 25.0 Å². The molecule has 2 atom stereocenters. The van der Waals surface area contributed by atoms with Crippen molar-refractivity contribution in [3.05, 3.63) is 0 Å². The zero-order valence-electron chi connectivity index (χ0n) is 13.4. The maximum absolute atomic E-state index is 12.8. The smallest absolute Gasteiger partial charge is 0.225 e. The highest BCUT2D eigenvalue weighted by Gasteiger charge is 2.30. The second kappa shape index (κ2) is 8.02. The van der Waals surface area contributed by atoms with E-state index in [2.05, 4.69) is 24.1 Å². The van der Waals surface area contributed by atoms with E-state index in [1.54, 1.807) is 0 Å². The Bertz CT molecular complexity index is 293. The van der Waals surface area contributed by atoms with E-state index in [0.717, 1.165) is 44.8 Å². The average molecular weight is 280 g/mol. The Morgan fingerprint density at radius 2 is 2.00 bits per heavy atom. The SMILES string of the molecule is CCCN(C(=O)C(C)CC1CCCCC1)C1CCNC1. The van der Waals surface area contributed by atoms with Gasteiger partial charge in [0.05, 0.1) is 0 Å². The number of rotatable bonds is 6. The van der Waals surface area contributed by atoms with E-state index in [0.29, 0.717) is 11.9 Å². The number of carbonyl (C=O) groups excluding carboxylic acids is 1. The Labute approximate surface area is 124 Å². The number of hydrogen-bond donors (Lipinski definition) is 1. The molecule has 1 aliphatic heterocycles. The number of hydrogen-bond acceptors (Lipinski definition) is 2. The van der Waals surface area contributed by atoms with E-state index in [1.165, 1.54) is 32.1 Å². The number of nitrogens with zero attached hydrogens (tertiary/aromatic N) is 1. The summed E-state index contributed by atoms with van der Waals surface area (Å²) in [4.78, 5) is 15.0. The van der Waals surface area contributed by atoms with Crippen LogP contribution in [-0.4, -0.2) is 36.5 Å². The molecule has 3 heteroatoms. The van der Waals surface area contributed by atoms with E-state index >= 15 is 0 Å². The van der Waals surface area contributed by atoms with Crippen LogP contribution in [0.4, 0.5) is 0 Å². The molecule has 1 aliphatic carbocycles. The Kier molecular flexibility index (Phi) is 6.34. The molecule has 1 heterocycles. The van der Waals surface area contributed by atoms with Crippen molar-refractivity contribution in [2.75, 3.05) is 19.6 Å². The molecule has 0 radical (unpaired) electrons. The van der Waals surface area contributed by atoms with Crippen molar-refractivity contribution in [3.63, 3.8) is 0 Å². The molecule has 2 unspecified atom stereocenters. The van der Waals surface area contributed by atoms with Crippen LogP contribution in [0.1, 0.15) is 65.2 Å². The molecule has 2 rings (SSSR count). The van der Waals surface area contributed by atoms with E-state index < -0.39 is 0 Å². The van der Waals surface area contributed by atoms with Crippen LogP contribution in [0.2, 0.25) is 0 Å². The minimum Gasteiger partial charge on any atom is -0.338 e. The number of amides is 1. The first kappa shape index (κ1) is 15.8. The summed E-state index contributed by atoms with van der Waals surface area (Å²) in [5, 5.41) is 3.39. The third kappa shape index (κ3) is 4.21. The van der Waals surface area contributed by atoms with Gasteiger partial charge in [0.1, 0.15) is 0 Å². The topological polar surface area (TPSA) is 32.3 Å². The second-order valence-corrected chi connectivity index (χ2v) is 6.82. The summed E-state index contributed by atoms with van der Waals surface area (Å²) in [6.07, 6.45) is 10.1. The van der Waals surface area contributed by atoms with Crippen molar-refractivity contribution >= 4 is 5.91 Å². The number of carbonyl (C=O) groups is 1. The Morgan fingerprint density at radius 3 is 2.60 bits per heavy atom. The molecule has 1 N–H and O–H groups in total. The fourth-order valence-electron chi connectivity index (χ4n) is 3.93. The van der Waals surface area contributed by atoms with Gasteiger partial charge in [-0.05, 0) is 31.7 Å². The summed E-state index contributed by atoms with van der Waals surface area (Å²) < 4.78 is 0. The molecule has 1 saturated carbocycles. The summed E-state index contributed by atoms with van der Waals surface area (Å²) >= 11 is 0. The molecule has 2 aliphatic rings. The van der Waals surface area contributed by atoms with Crippen LogP contribution in [0.5, 0.6) is 0 Å². The van der Waals surface area contributed by atoms with Gasteiger partial charge >= 0.3 is 0 Å². The standard InChI is InChI=1S/C17H32N2O/c1-3-11-19(16-9-10-18-13-16)17(20)14(2)12-15-7-5-4-6-8-15/h14-16,18H,3-13H2,1-2H3. The lowest BCUT2D eigenvalue weighted by Gasteiger charge is -2.32. The van der Waals surface area contributed by atoms with Crippen LogP contribution in [0.15, 0.2) is 0 Å². The summed E-state index contributed by atoms with van der Waals surface area (Å²) in [7, 11) is 0. The molecule has 0 aromatic heterocycles. The molecular weight excluding hydrogens is 248 g/mol. The summed E-state index contributed by atoms with van der Waals surface area (Å²) in [6.45, 7) is 7.31. The van der Waals surface area contributed by atoms with Crippen molar-refractivity contribution in [3.8, 4) is 0 Å². The predicted octanol–water partition coefficient (Wildman–Crippen LogP) is 3.19. The molecule has 3 nitrogen and oxygen atoms in total. The van der Waals surface area contributed by atoms with E-state index in [9.17, 15) is 4.79 Å². The monoisotopic (exact) mass is 280 g/mol. The minimum atomic E-state index is 0.213. The summed E-state index contributed by atoms with van der Waals surface area (Å²) in [6, 6.07) is 0.441. The highest BCUT2D eigenvalue weighted by molar-refractivity contribution is 5.78. The van der Waals surface area contributed by atoms with Crippen LogP contribution >= 0.6 is 0 Å². The summed E-state index contributed by atoms with van der Waals surface area (Å²) in [5.41, 5.74) is 0. The van der Waals surface area contributed by atoms with Crippen molar-refractivity contribution in [1.29, 1.82) is 0 Å². The van der Waals surface area contributed by atoms with Crippen LogP contribution in [0, 0.1) is 11.8 Å². The second-order valence-electron chi connectivity index (χ2n) is 6.82. The van der Waals surface area contributed by atoms with Gasteiger partial charge in [0.25, 0.3) is 0 Å². The van der Waals surface area contributed by atoms with E-state index in [1.807, 2.05) is 0 Å². The summed E-state index contributed by atoms with van der Waals surface area (Å²) in [5.74, 6) is 1.42. The third-order valence-corrected chi connectivity index (χ3v) is 5.06. The van der Waals surface area contributed by atoms with Gasteiger partial charge in [-0.2, -0.15) is 0 Å². The quantitative estimate of drug-likeness (QED) is 0.810. The van der Waals surface area contributed by atoms with Gasteiger partial charge in [-0.3, -0.25) is 4.79 Å². The first-order valence-electron chi connectivity index (χ1n) is 8.73. The third-order valence-electron chi connectivity index (χ3n) is 5.06. The normalized spacial score (nSPS) is 25.6. The lowest BCUT2D eigenvalue weighted by atomic mass is 9.83. The van der Waals surface area contributed by atoms with Gasteiger partial charge in [-0.25, -0.2) is 0 Å². The highest BCUT2D eigenvalue weighted by atomic mass is 16.2. The Hall–Kier alpha value is -0.570. The largest absolute Gasteiger partial charge is 0.338 e. The van der Waals surface area contributed by atoms with E-state index in [4.69, 9.17) is 0 Å². The molecule has 0 spiro atoms. The van der Waals surface area contributed by atoms with Crippen LogP contribution in [0.3, 0.4) is 0 Å². The molecule has 1 saturated heterocycles. The molecule has 116 valence electrons. The van der Waals surface area contributed by atoms with Gasteiger partial charge < -0.3 is 10.2 Å². The van der Waals surface area contributed by atoms with Gasteiger partial charge in [0.2, 0.25) is 5.91 Å². The molecule has 0 aromatic carbocycles. The lowest BCUT2D eigenvalue weighted by molar-refractivity contribution is -0.137. The molecule has 20 heavy (non-hydrogen) atoms. The average Bonchev–Trinajstić information content (AvgIpc) is 2.99. The van der Waals surface area contributed by atoms with Gasteiger partial charge in [0.15, 0.2) is 0 Å². The first-order valence-corrected chi connectivity index (χ1v) is 8.73. The van der Waals surface area contributed by atoms with Crippen molar-refractivity contribution in [2.45, 2.75) is 71.3 Å². The van der Waals surface area contributed by atoms with Gasteiger partial charge in [-0.15, -0.1) is 0 Å². The molecule has 0 bridgehead atoms. The van der Waals surface area contributed by atoms with Crippen LogP contribution in [-0.2, 0) is 4.79 Å². The minimum absolute atomic E-state index is 0.213. The van der Waals surface area contributed by atoms with Crippen molar-refractivity contribution in [1.82, 2.24) is 10.2 Å². The predicted molar refractivity (Wildman–Crippen MR) is 83.6 cm³/mol. The lowest BCUT2D eigenvalue weighted by Crippen LogP contribution is -2.44. The molecule has 0 aromatic rings. The maximum Gasteiger partial charge on any atom is 0.225 e. The van der Waals surface area contributed by atoms with E-state index in [-0.39, 0.29) is 5.92 Å². The fourth-order valence-corrected chi connectivity index (χ4v) is 3.93. The Morgan fingerprint density at radius 1 is 1.25 bits per heavy atom. The van der Waals surface area contributed by atoms with Crippen LogP contribution < -0.4 is 5.32 Å². The molecule has 2 fully saturated rings. The maximum atomic E-state index is 12.8. The number of nitrogens with one attached hydrogen (secondary N) is 1. The zero-order valence-corrected chi connectivity index (χ0v) is 13.4. The van der Waals surface area contributed by atoms with Crippen molar-refractivity contribution in [2.24, 2.45) is 11.8 Å². The van der Waals surface area contributed by atoms with Gasteiger partial charge in [-0.1, -0.05) is 46.0 Å². The van der Waals surface area contributed by atoms with Crippen molar-refractivity contribution < 1.29 is 4.79 Å². The molecule has 1 amide bonds. The highest BCUT2D eigenvalue weighted by Crippen LogP contribution is 2.30. The molecular formula is C17H32N2O. The zero-order chi connectivity index (χ0) is 14.4. The fraction of sp³-hybridized carbons (Fsp3) is 0.941. The Balaban J connectivity index is 1.87.